The first-order valence-electron chi connectivity index (χ1n) is 9.56. The molecule has 0 amide bonds. The van der Waals surface area contributed by atoms with Crippen molar-refractivity contribution in [2.45, 2.75) is 31.4 Å². The third kappa shape index (κ3) is 4.65. The molecule has 2 aliphatic rings. The highest BCUT2D eigenvalue weighted by molar-refractivity contribution is 14.0. The fraction of sp³-hybridized carbons (Fsp3) is 0.500. The summed E-state index contributed by atoms with van der Waals surface area (Å²) in [4.78, 5) is 6.91. The van der Waals surface area contributed by atoms with Gasteiger partial charge in [-0.1, -0.05) is 18.2 Å². The summed E-state index contributed by atoms with van der Waals surface area (Å²) in [5.74, 6) is 0.978. The van der Waals surface area contributed by atoms with Crippen molar-refractivity contribution in [2.24, 2.45) is 12.0 Å². The first kappa shape index (κ1) is 21.0. The number of aromatic nitrogens is 2. The Morgan fingerprint density at radius 2 is 2.21 bits per heavy atom. The Bertz CT molecular complexity index is 826. The van der Waals surface area contributed by atoms with E-state index in [0.29, 0.717) is 13.2 Å². The minimum atomic E-state index is -0.121. The number of aliphatic imine (C=N–C) groups is 1. The average molecular weight is 499 g/mol. The molecule has 1 saturated heterocycles. The van der Waals surface area contributed by atoms with Gasteiger partial charge in [0.1, 0.15) is 11.9 Å². The molecule has 1 aliphatic carbocycles. The topological polar surface area (TPSA) is 54.7 Å². The van der Waals surface area contributed by atoms with Crippen molar-refractivity contribution in [3.63, 3.8) is 0 Å². The second-order valence-corrected chi connectivity index (χ2v) is 7.17. The van der Waals surface area contributed by atoms with E-state index in [1.165, 1.54) is 6.07 Å². The molecule has 2 heterocycles. The molecule has 2 fully saturated rings. The monoisotopic (exact) mass is 499 g/mol. The van der Waals surface area contributed by atoms with Crippen LogP contribution in [0, 0.1) is 5.82 Å². The average Bonchev–Trinajstić information content (AvgIpc) is 3.30. The Morgan fingerprint density at radius 1 is 1.39 bits per heavy atom. The number of guanidine groups is 1. The molecule has 4 rings (SSSR count). The van der Waals surface area contributed by atoms with Crippen molar-refractivity contribution in [3.05, 3.63) is 53.6 Å². The molecule has 0 bridgehead atoms. The lowest BCUT2D eigenvalue weighted by Crippen LogP contribution is -2.49. The maximum Gasteiger partial charge on any atom is 0.194 e. The lowest BCUT2D eigenvalue weighted by molar-refractivity contribution is -0.00810. The summed E-state index contributed by atoms with van der Waals surface area (Å²) in [5, 5.41) is 7.79. The molecule has 1 aromatic heterocycles. The molecule has 152 valence electrons. The molecule has 1 N–H and O–H groups in total. The second kappa shape index (κ2) is 9.21. The zero-order valence-corrected chi connectivity index (χ0v) is 18.5. The minimum absolute atomic E-state index is 0. The summed E-state index contributed by atoms with van der Waals surface area (Å²) in [6.45, 7) is 4.90. The van der Waals surface area contributed by atoms with E-state index in [9.17, 15) is 4.39 Å². The van der Waals surface area contributed by atoms with Gasteiger partial charge in [0.15, 0.2) is 5.96 Å². The van der Waals surface area contributed by atoms with E-state index in [4.69, 9.17) is 4.74 Å². The maximum absolute atomic E-state index is 14.0. The Labute approximate surface area is 182 Å². The molecule has 2 aromatic rings. The molecular formula is C20H27FIN5O. The quantitative estimate of drug-likeness (QED) is 0.399. The number of halogens is 2. The largest absolute Gasteiger partial charge is 0.370 e. The van der Waals surface area contributed by atoms with Gasteiger partial charge in [-0.2, -0.15) is 5.10 Å². The number of ether oxygens (including phenoxy) is 1. The second-order valence-electron chi connectivity index (χ2n) is 7.17. The van der Waals surface area contributed by atoms with E-state index in [-0.39, 0.29) is 47.9 Å². The standard InChI is InChI=1S/C20H26FN5O.HI/c1-3-22-20(24-18-10-16(18)15-6-4-5-7-17(15)21)26-8-9-27-19(13-26)14-11-23-25(2)12-14;/h4-7,11-12,16,18-19H,3,8-10,13H2,1-2H3,(H,22,24);1H. The van der Waals surface area contributed by atoms with Crippen LogP contribution >= 0.6 is 24.0 Å². The highest BCUT2D eigenvalue weighted by atomic mass is 127. The number of aryl methyl sites for hydroxylation is 1. The van der Waals surface area contributed by atoms with Crippen molar-refractivity contribution in [1.82, 2.24) is 20.0 Å². The fourth-order valence-electron chi connectivity index (χ4n) is 3.68. The van der Waals surface area contributed by atoms with Crippen LogP contribution in [0.1, 0.15) is 36.5 Å². The van der Waals surface area contributed by atoms with E-state index >= 15 is 0 Å². The molecule has 8 heteroatoms. The van der Waals surface area contributed by atoms with Crippen LogP contribution in [-0.4, -0.2) is 52.9 Å². The molecule has 28 heavy (non-hydrogen) atoms. The Morgan fingerprint density at radius 3 is 2.93 bits per heavy atom. The van der Waals surface area contributed by atoms with Crippen molar-refractivity contribution < 1.29 is 9.13 Å². The predicted octanol–water partition coefficient (Wildman–Crippen LogP) is 3.07. The molecule has 6 nitrogen and oxygen atoms in total. The zero-order chi connectivity index (χ0) is 18.8. The highest BCUT2D eigenvalue weighted by Crippen LogP contribution is 2.42. The number of benzene rings is 1. The van der Waals surface area contributed by atoms with Crippen LogP contribution in [0.3, 0.4) is 0 Å². The van der Waals surface area contributed by atoms with E-state index in [1.54, 1.807) is 10.7 Å². The summed E-state index contributed by atoms with van der Waals surface area (Å²) >= 11 is 0. The van der Waals surface area contributed by atoms with Crippen molar-refractivity contribution >= 4 is 29.9 Å². The summed E-state index contributed by atoms with van der Waals surface area (Å²) in [6.07, 6.45) is 4.76. The number of hydrogen-bond acceptors (Lipinski definition) is 3. The van der Waals surface area contributed by atoms with E-state index in [2.05, 4.69) is 20.3 Å². The van der Waals surface area contributed by atoms with E-state index in [0.717, 1.165) is 36.6 Å². The summed E-state index contributed by atoms with van der Waals surface area (Å²) in [6, 6.07) is 7.28. The Balaban J connectivity index is 0.00000225. The van der Waals surface area contributed by atoms with Gasteiger partial charge in [0.25, 0.3) is 0 Å². The van der Waals surface area contributed by atoms with Gasteiger partial charge in [0.2, 0.25) is 0 Å². The molecule has 1 aromatic carbocycles. The molecular weight excluding hydrogens is 472 g/mol. The third-order valence-electron chi connectivity index (χ3n) is 5.18. The van der Waals surface area contributed by atoms with Crippen LogP contribution in [0.15, 0.2) is 41.7 Å². The van der Waals surface area contributed by atoms with Gasteiger partial charge < -0.3 is 15.0 Å². The van der Waals surface area contributed by atoms with Crippen molar-refractivity contribution in [1.29, 1.82) is 0 Å². The van der Waals surface area contributed by atoms with Gasteiger partial charge in [-0.15, -0.1) is 24.0 Å². The van der Waals surface area contributed by atoms with Gasteiger partial charge in [0.05, 0.1) is 19.3 Å². The summed E-state index contributed by atoms with van der Waals surface area (Å²) in [7, 11) is 1.91. The van der Waals surface area contributed by atoms with Crippen LogP contribution in [0.2, 0.25) is 0 Å². The number of hydrogen-bond donors (Lipinski definition) is 1. The summed E-state index contributed by atoms with van der Waals surface area (Å²) < 4.78 is 21.8. The van der Waals surface area contributed by atoms with Crippen LogP contribution in [0.4, 0.5) is 4.39 Å². The third-order valence-corrected chi connectivity index (χ3v) is 5.18. The highest BCUT2D eigenvalue weighted by Gasteiger charge is 2.41. The van der Waals surface area contributed by atoms with Crippen LogP contribution < -0.4 is 5.32 Å². The molecule has 1 saturated carbocycles. The van der Waals surface area contributed by atoms with Crippen LogP contribution in [0.5, 0.6) is 0 Å². The Hall–Kier alpha value is -1.68. The first-order valence-corrected chi connectivity index (χ1v) is 9.56. The molecule has 3 unspecified atom stereocenters. The molecule has 0 radical (unpaired) electrons. The lowest BCUT2D eigenvalue weighted by atomic mass is 10.1. The van der Waals surface area contributed by atoms with Gasteiger partial charge in [0, 0.05) is 43.9 Å². The zero-order valence-electron chi connectivity index (χ0n) is 16.2. The lowest BCUT2D eigenvalue weighted by Gasteiger charge is -2.35. The van der Waals surface area contributed by atoms with Crippen LogP contribution in [0.25, 0.3) is 0 Å². The van der Waals surface area contributed by atoms with Crippen LogP contribution in [-0.2, 0) is 11.8 Å². The Kier molecular flexibility index (Phi) is 6.92. The normalized spacial score (nSPS) is 24.6. The van der Waals surface area contributed by atoms with E-state index < -0.39 is 0 Å². The SMILES string of the molecule is CCN=C(NC1CC1c1ccccc1F)N1CCOC(c2cnn(C)c2)C1.I. The minimum Gasteiger partial charge on any atom is -0.370 e. The number of rotatable bonds is 4. The van der Waals surface area contributed by atoms with E-state index in [1.807, 2.05) is 38.5 Å². The van der Waals surface area contributed by atoms with Crippen molar-refractivity contribution in [2.75, 3.05) is 26.2 Å². The predicted molar refractivity (Wildman–Crippen MR) is 118 cm³/mol. The first-order chi connectivity index (χ1) is 13.2. The molecule has 1 aliphatic heterocycles. The van der Waals surface area contributed by atoms with Gasteiger partial charge >= 0.3 is 0 Å². The number of nitrogens with zero attached hydrogens (tertiary/aromatic N) is 4. The van der Waals surface area contributed by atoms with Gasteiger partial charge in [-0.25, -0.2) is 4.39 Å². The van der Waals surface area contributed by atoms with Gasteiger partial charge in [-0.3, -0.25) is 9.67 Å². The number of nitrogens with one attached hydrogen (secondary N) is 1. The smallest absolute Gasteiger partial charge is 0.194 e. The number of morpholine rings is 1. The maximum atomic E-state index is 14.0. The van der Waals surface area contributed by atoms with Crippen molar-refractivity contribution in [3.8, 4) is 0 Å². The summed E-state index contributed by atoms with van der Waals surface area (Å²) in [5.41, 5.74) is 1.87. The molecule has 3 atom stereocenters. The molecule has 0 spiro atoms. The fourth-order valence-corrected chi connectivity index (χ4v) is 3.68. The van der Waals surface area contributed by atoms with Gasteiger partial charge in [-0.05, 0) is 25.0 Å².